The van der Waals surface area contributed by atoms with E-state index >= 15 is 0 Å². The molecule has 0 spiro atoms. The average Bonchev–Trinajstić information content (AvgIpc) is 2.07. The molecule has 1 aliphatic heterocycles. The third-order valence-electron chi connectivity index (χ3n) is 2.43. The van der Waals surface area contributed by atoms with Crippen LogP contribution in [0.25, 0.3) is 0 Å². The molecule has 0 bridgehead atoms. The van der Waals surface area contributed by atoms with E-state index in [4.69, 9.17) is 9.47 Å². The second-order valence-corrected chi connectivity index (χ2v) is 4.13. The van der Waals surface area contributed by atoms with Crippen LogP contribution in [0.1, 0.15) is 20.8 Å². The second kappa shape index (κ2) is 4.94. The smallest absolute Gasteiger partial charge is 0.0935 e. The molecule has 3 nitrogen and oxygen atoms in total. The number of hydrogen-bond donors (Lipinski definition) is 0. The lowest BCUT2D eigenvalue weighted by molar-refractivity contribution is -0.0922. The fraction of sp³-hybridized carbons (Fsp3) is 1.00. The van der Waals surface area contributed by atoms with Gasteiger partial charge in [-0.25, -0.2) is 0 Å². The Hall–Kier alpha value is -0.120. The highest BCUT2D eigenvalue weighted by atomic mass is 16.5. The first kappa shape index (κ1) is 11.0. The lowest BCUT2D eigenvalue weighted by Crippen LogP contribution is -2.47. The largest absolute Gasteiger partial charge is 0.376 e. The van der Waals surface area contributed by atoms with Gasteiger partial charge in [-0.3, -0.25) is 4.90 Å². The van der Waals surface area contributed by atoms with Crippen molar-refractivity contribution in [1.82, 2.24) is 4.90 Å². The zero-order valence-electron chi connectivity index (χ0n) is 9.12. The Morgan fingerprint density at radius 2 is 2.23 bits per heavy atom. The van der Waals surface area contributed by atoms with Crippen molar-refractivity contribution in [3.05, 3.63) is 0 Å². The van der Waals surface area contributed by atoms with Gasteiger partial charge in [0.25, 0.3) is 0 Å². The van der Waals surface area contributed by atoms with Gasteiger partial charge in [-0.15, -0.1) is 0 Å². The summed E-state index contributed by atoms with van der Waals surface area (Å²) in [7, 11) is 2.13. The molecule has 0 unspecified atom stereocenters. The second-order valence-electron chi connectivity index (χ2n) is 4.13. The zero-order chi connectivity index (χ0) is 9.84. The van der Waals surface area contributed by atoms with Gasteiger partial charge in [-0.2, -0.15) is 0 Å². The highest BCUT2D eigenvalue weighted by Gasteiger charge is 2.23. The molecule has 1 fully saturated rings. The minimum Gasteiger partial charge on any atom is -0.376 e. The molecule has 0 aromatic rings. The molecule has 1 aliphatic rings. The molecule has 0 saturated carbocycles. The molecule has 0 aromatic carbocycles. The minimum atomic E-state index is 0.253. The molecular formula is C10H21NO2. The molecule has 13 heavy (non-hydrogen) atoms. The average molecular weight is 187 g/mol. The Kier molecular flexibility index (Phi) is 4.16. The van der Waals surface area contributed by atoms with Crippen LogP contribution in [0.4, 0.5) is 0 Å². The van der Waals surface area contributed by atoms with E-state index in [1.807, 2.05) is 0 Å². The molecule has 3 heteroatoms. The van der Waals surface area contributed by atoms with E-state index in [2.05, 4.69) is 32.7 Å². The van der Waals surface area contributed by atoms with Crippen molar-refractivity contribution >= 4 is 0 Å². The van der Waals surface area contributed by atoms with E-state index < -0.39 is 0 Å². The molecule has 78 valence electrons. The molecule has 0 radical (unpaired) electrons. The Bertz CT molecular complexity index is 150. The van der Waals surface area contributed by atoms with Crippen LogP contribution < -0.4 is 0 Å². The highest BCUT2D eigenvalue weighted by molar-refractivity contribution is 4.74. The van der Waals surface area contributed by atoms with Crippen LogP contribution in [0.5, 0.6) is 0 Å². The maximum atomic E-state index is 5.64. The number of rotatable bonds is 3. The van der Waals surface area contributed by atoms with Gasteiger partial charge in [-0.1, -0.05) is 0 Å². The quantitative estimate of drug-likeness (QED) is 0.661. The van der Waals surface area contributed by atoms with Crippen molar-refractivity contribution in [3.63, 3.8) is 0 Å². The van der Waals surface area contributed by atoms with E-state index in [9.17, 15) is 0 Å². The minimum absolute atomic E-state index is 0.253. The third-order valence-corrected chi connectivity index (χ3v) is 2.43. The highest BCUT2D eigenvalue weighted by Crippen LogP contribution is 2.09. The maximum Gasteiger partial charge on any atom is 0.0935 e. The number of likely N-dealkylation sites (N-methyl/N-ethyl adjacent to an activating group) is 1. The lowest BCUT2D eigenvalue weighted by atomic mass is 10.2. The number of morpholine rings is 1. The maximum absolute atomic E-state index is 5.64. The van der Waals surface area contributed by atoms with Crippen LogP contribution in [0, 0.1) is 0 Å². The van der Waals surface area contributed by atoms with E-state index in [-0.39, 0.29) is 6.10 Å². The van der Waals surface area contributed by atoms with Crippen LogP contribution in [0.2, 0.25) is 0 Å². The van der Waals surface area contributed by atoms with Crippen LogP contribution in [0.15, 0.2) is 0 Å². The molecular weight excluding hydrogens is 166 g/mol. The summed E-state index contributed by atoms with van der Waals surface area (Å²) in [5.41, 5.74) is 0. The van der Waals surface area contributed by atoms with Crippen LogP contribution in [-0.4, -0.2) is 50.0 Å². The predicted molar refractivity (Wildman–Crippen MR) is 52.9 cm³/mol. The molecule has 1 saturated heterocycles. The summed E-state index contributed by atoms with van der Waals surface area (Å²) < 4.78 is 11.2. The molecule has 2 atom stereocenters. The monoisotopic (exact) mass is 187 g/mol. The Morgan fingerprint density at radius 3 is 2.77 bits per heavy atom. The van der Waals surface area contributed by atoms with E-state index in [0.717, 1.165) is 13.2 Å². The normalized spacial score (nSPS) is 31.2. The fourth-order valence-corrected chi connectivity index (χ4v) is 1.36. The summed E-state index contributed by atoms with van der Waals surface area (Å²) in [6.45, 7) is 8.80. The van der Waals surface area contributed by atoms with Gasteiger partial charge >= 0.3 is 0 Å². The van der Waals surface area contributed by atoms with Gasteiger partial charge in [0, 0.05) is 12.6 Å². The Balaban J connectivity index is 2.21. The van der Waals surface area contributed by atoms with Crippen LogP contribution >= 0.6 is 0 Å². The number of ether oxygens (including phenoxy) is 2. The predicted octanol–water partition coefficient (Wildman–Crippen LogP) is 1.13. The third kappa shape index (κ3) is 3.63. The molecule has 0 aromatic heterocycles. The molecule has 1 rings (SSSR count). The number of hydrogen-bond acceptors (Lipinski definition) is 3. The van der Waals surface area contributed by atoms with Crippen LogP contribution in [0.3, 0.4) is 0 Å². The van der Waals surface area contributed by atoms with Crippen molar-refractivity contribution in [2.75, 3.05) is 26.8 Å². The van der Waals surface area contributed by atoms with Crippen molar-refractivity contribution < 1.29 is 9.47 Å². The van der Waals surface area contributed by atoms with E-state index in [1.54, 1.807) is 0 Å². The van der Waals surface area contributed by atoms with Gasteiger partial charge in [0.1, 0.15) is 0 Å². The lowest BCUT2D eigenvalue weighted by Gasteiger charge is -2.35. The van der Waals surface area contributed by atoms with Crippen molar-refractivity contribution in [1.29, 1.82) is 0 Å². The summed E-state index contributed by atoms with van der Waals surface area (Å²) >= 11 is 0. The van der Waals surface area contributed by atoms with Crippen LogP contribution in [-0.2, 0) is 9.47 Å². The van der Waals surface area contributed by atoms with Gasteiger partial charge < -0.3 is 9.47 Å². The standard InChI is InChI=1S/C10H21NO2/c1-8(2)12-7-10-5-11(4)9(3)6-13-10/h8-10H,5-7H2,1-4H3/t9-,10-/m1/s1. The molecule has 0 N–H and O–H groups in total. The van der Waals surface area contributed by atoms with Crippen molar-refractivity contribution in [3.8, 4) is 0 Å². The first-order valence-electron chi connectivity index (χ1n) is 5.03. The molecule has 1 heterocycles. The first-order valence-corrected chi connectivity index (χ1v) is 5.03. The summed E-state index contributed by atoms with van der Waals surface area (Å²) in [6.07, 6.45) is 0.553. The molecule has 0 aliphatic carbocycles. The van der Waals surface area contributed by atoms with E-state index in [1.165, 1.54) is 0 Å². The van der Waals surface area contributed by atoms with Gasteiger partial charge in [-0.05, 0) is 27.8 Å². The summed E-state index contributed by atoms with van der Waals surface area (Å²) in [5, 5.41) is 0. The SMILES string of the molecule is CC(C)OC[C@H]1CN(C)[C@H](C)CO1. The zero-order valence-corrected chi connectivity index (χ0v) is 9.12. The van der Waals surface area contributed by atoms with Gasteiger partial charge in [0.15, 0.2) is 0 Å². The first-order chi connectivity index (χ1) is 6.09. The van der Waals surface area contributed by atoms with Gasteiger partial charge in [0.2, 0.25) is 0 Å². The summed E-state index contributed by atoms with van der Waals surface area (Å²) in [6, 6.07) is 0.537. The summed E-state index contributed by atoms with van der Waals surface area (Å²) in [4.78, 5) is 2.32. The van der Waals surface area contributed by atoms with Crippen molar-refractivity contribution in [2.24, 2.45) is 0 Å². The Morgan fingerprint density at radius 1 is 1.54 bits per heavy atom. The topological polar surface area (TPSA) is 21.7 Å². The molecule has 0 amide bonds. The number of nitrogens with zero attached hydrogens (tertiary/aromatic N) is 1. The van der Waals surface area contributed by atoms with E-state index in [0.29, 0.717) is 18.8 Å². The fourth-order valence-electron chi connectivity index (χ4n) is 1.36. The summed E-state index contributed by atoms with van der Waals surface area (Å²) in [5.74, 6) is 0. The van der Waals surface area contributed by atoms with Crippen molar-refractivity contribution in [2.45, 2.75) is 39.0 Å². The Labute approximate surface area is 81.0 Å². The van der Waals surface area contributed by atoms with Gasteiger partial charge in [0.05, 0.1) is 25.4 Å².